The fraction of sp³-hybridized carbons (Fsp3) is 0.519. The Morgan fingerprint density at radius 3 is 2.38 bits per heavy atom. The normalized spacial score (nSPS) is 28.3. The predicted molar refractivity (Wildman–Crippen MR) is 134 cm³/mol. The number of nitrogens with two attached hydrogens (primary N) is 1. The van der Waals surface area contributed by atoms with Crippen LogP contribution < -0.4 is 16.3 Å². The van der Waals surface area contributed by atoms with Crippen LogP contribution in [0.25, 0.3) is 22.9 Å². The molecule has 2 heterocycles. The highest BCUT2D eigenvalue weighted by molar-refractivity contribution is 5.70. The first-order chi connectivity index (χ1) is 15.4. The number of likely N-dealkylation sites (N-methyl/N-ethyl adjacent to an activating group) is 1. The second-order valence-corrected chi connectivity index (χ2v) is 9.77. The summed E-state index contributed by atoms with van der Waals surface area (Å²) < 4.78 is 2.24. The molecule has 1 aromatic heterocycles. The number of nitrogens with zero attached hydrogens (tertiary/aromatic N) is 4. The van der Waals surface area contributed by atoms with Crippen molar-refractivity contribution in [3.05, 3.63) is 52.2 Å². The predicted octanol–water partition coefficient (Wildman–Crippen LogP) is 2.66. The van der Waals surface area contributed by atoms with Gasteiger partial charge in [-0.3, -0.25) is 9.58 Å². The third-order valence-corrected chi connectivity index (χ3v) is 7.69. The Balaban J connectivity index is 1.84. The molecule has 172 valence electrons. The van der Waals surface area contributed by atoms with Crippen molar-refractivity contribution in [2.75, 3.05) is 39.8 Å². The van der Waals surface area contributed by atoms with E-state index in [1.54, 1.807) is 0 Å². The number of fused-ring (bicyclic) bond motifs is 1. The summed E-state index contributed by atoms with van der Waals surface area (Å²) in [5.41, 5.74) is 12.3. The van der Waals surface area contributed by atoms with Gasteiger partial charge in [-0.05, 0) is 50.3 Å². The molecule has 1 aliphatic carbocycles. The van der Waals surface area contributed by atoms with Gasteiger partial charge < -0.3 is 10.6 Å². The van der Waals surface area contributed by atoms with Crippen LogP contribution in [0.3, 0.4) is 0 Å². The largest absolute Gasteiger partial charge is 0.399 e. The van der Waals surface area contributed by atoms with Crippen molar-refractivity contribution in [1.29, 1.82) is 0 Å². The highest BCUT2D eigenvalue weighted by Crippen LogP contribution is 2.27. The molecular weight excluding hydrogens is 394 g/mol. The van der Waals surface area contributed by atoms with Gasteiger partial charge in [0, 0.05) is 49.2 Å². The van der Waals surface area contributed by atoms with E-state index in [1.807, 2.05) is 0 Å². The van der Waals surface area contributed by atoms with Crippen molar-refractivity contribution in [3.8, 4) is 11.3 Å². The minimum absolute atomic E-state index is 0.456. The molecule has 2 N–H and O–H groups in total. The van der Waals surface area contributed by atoms with Crippen molar-refractivity contribution in [2.24, 2.45) is 17.6 Å². The summed E-state index contributed by atoms with van der Waals surface area (Å²) >= 11 is 0. The van der Waals surface area contributed by atoms with E-state index in [-0.39, 0.29) is 0 Å². The van der Waals surface area contributed by atoms with Gasteiger partial charge in [-0.1, -0.05) is 50.3 Å². The Morgan fingerprint density at radius 1 is 1.00 bits per heavy atom. The van der Waals surface area contributed by atoms with Crippen molar-refractivity contribution >= 4 is 11.6 Å². The highest BCUT2D eigenvalue weighted by atomic mass is 15.3. The van der Waals surface area contributed by atoms with Gasteiger partial charge in [0.1, 0.15) is 5.69 Å². The van der Waals surface area contributed by atoms with Crippen molar-refractivity contribution in [3.63, 3.8) is 0 Å². The van der Waals surface area contributed by atoms with Crippen LogP contribution in [0.2, 0.25) is 0 Å². The van der Waals surface area contributed by atoms with Gasteiger partial charge in [0.05, 0.1) is 11.9 Å². The fourth-order valence-electron chi connectivity index (χ4n) is 4.93. The Labute approximate surface area is 192 Å². The second-order valence-electron chi connectivity index (χ2n) is 9.77. The topological polar surface area (TPSA) is 50.3 Å². The minimum atomic E-state index is 0.456. The summed E-state index contributed by atoms with van der Waals surface area (Å²) in [4.78, 5) is 4.97. The minimum Gasteiger partial charge on any atom is -0.399 e. The number of piperazine rings is 1. The van der Waals surface area contributed by atoms with E-state index in [4.69, 9.17) is 10.8 Å². The third kappa shape index (κ3) is 4.55. The summed E-state index contributed by atoms with van der Waals surface area (Å²) in [5.74, 6) is 0.991. The van der Waals surface area contributed by atoms with Crippen molar-refractivity contribution < 1.29 is 0 Å². The van der Waals surface area contributed by atoms with E-state index in [2.05, 4.69) is 85.6 Å². The van der Waals surface area contributed by atoms with Gasteiger partial charge in [0.25, 0.3) is 0 Å². The summed E-state index contributed by atoms with van der Waals surface area (Å²) in [7, 11) is 2.21. The van der Waals surface area contributed by atoms with Gasteiger partial charge in [-0.15, -0.1) is 0 Å². The molecule has 0 bridgehead atoms. The van der Waals surface area contributed by atoms with E-state index in [0.717, 1.165) is 68.2 Å². The number of benzene rings is 1. The van der Waals surface area contributed by atoms with E-state index in [0.29, 0.717) is 11.8 Å². The maximum absolute atomic E-state index is 6.77. The summed E-state index contributed by atoms with van der Waals surface area (Å²) in [6.45, 7) is 15.5. The molecule has 1 aliphatic heterocycles. The van der Waals surface area contributed by atoms with Crippen LogP contribution in [-0.2, 0) is 6.54 Å². The van der Waals surface area contributed by atoms with E-state index in [1.165, 1.54) is 16.1 Å². The van der Waals surface area contributed by atoms with E-state index in [9.17, 15) is 0 Å². The summed E-state index contributed by atoms with van der Waals surface area (Å²) in [6.07, 6.45) is 3.44. The van der Waals surface area contributed by atoms with Crippen LogP contribution in [0.5, 0.6) is 0 Å². The first-order valence-corrected chi connectivity index (χ1v) is 12.1. The number of aromatic nitrogens is 2. The summed E-state index contributed by atoms with van der Waals surface area (Å²) in [5, 5.41) is 7.61. The lowest BCUT2D eigenvalue weighted by Crippen LogP contribution is -2.46. The van der Waals surface area contributed by atoms with Gasteiger partial charge in [0.2, 0.25) is 0 Å². The first kappa shape index (κ1) is 22.8. The van der Waals surface area contributed by atoms with Gasteiger partial charge in [0.15, 0.2) is 0 Å². The maximum Gasteiger partial charge on any atom is 0.100 e. The molecule has 4 rings (SSSR count). The van der Waals surface area contributed by atoms with E-state index >= 15 is 0 Å². The molecular formula is C27H39N5. The van der Waals surface area contributed by atoms with Gasteiger partial charge in [-0.2, -0.15) is 5.10 Å². The zero-order valence-electron chi connectivity index (χ0n) is 20.4. The Kier molecular flexibility index (Phi) is 6.87. The molecule has 1 fully saturated rings. The van der Waals surface area contributed by atoms with Gasteiger partial charge >= 0.3 is 0 Å². The molecule has 0 spiro atoms. The number of rotatable bonds is 4. The molecule has 0 amide bonds. The smallest absolute Gasteiger partial charge is 0.100 e. The molecule has 32 heavy (non-hydrogen) atoms. The lowest BCUT2D eigenvalue weighted by atomic mass is 9.85. The molecule has 5 heteroatoms. The molecule has 2 atom stereocenters. The van der Waals surface area contributed by atoms with Crippen LogP contribution in [0.15, 0.2) is 41.6 Å². The van der Waals surface area contributed by atoms with Crippen LogP contribution in [0, 0.1) is 11.8 Å². The van der Waals surface area contributed by atoms with Crippen LogP contribution >= 0.6 is 0 Å². The van der Waals surface area contributed by atoms with Crippen molar-refractivity contribution in [2.45, 2.75) is 40.7 Å². The van der Waals surface area contributed by atoms with Crippen LogP contribution in [-0.4, -0.2) is 59.4 Å². The molecule has 0 radical (unpaired) electrons. The zero-order chi connectivity index (χ0) is 22.8. The number of allylic oxidation sites excluding steroid dienone is 2. The van der Waals surface area contributed by atoms with Crippen molar-refractivity contribution in [1.82, 2.24) is 19.6 Å². The Bertz CT molecular complexity index is 1090. The molecule has 1 aromatic carbocycles. The summed E-state index contributed by atoms with van der Waals surface area (Å²) in [6, 6.07) is 10.6. The number of hydrogen-bond donors (Lipinski definition) is 1. The molecule has 2 aromatic rings. The van der Waals surface area contributed by atoms with Gasteiger partial charge in [-0.25, -0.2) is 0 Å². The van der Waals surface area contributed by atoms with E-state index < -0.39 is 0 Å². The molecule has 0 saturated carbocycles. The fourth-order valence-corrected chi connectivity index (χ4v) is 4.93. The Morgan fingerprint density at radius 2 is 1.69 bits per heavy atom. The standard InChI is InChI=1S/C27H39N5/c1-19-11-12-24-25(22(4)26(28)21(3)20(19)2)27(23-9-7-6-8-10-23)29-32(24)18-17-31-15-13-30(5)14-16-31/h6-10,12,19-20H,11,13-18,28H2,1-5H3/b24-12-,25-22-,26-21+. The van der Waals surface area contributed by atoms with Crippen LogP contribution in [0.1, 0.15) is 34.1 Å². The monoisotopic (exact) mass is 433 g/mol. The molecule has 2 aliphatic rings. The SMILES string of the molecule is C/C1=C(N)/C(C)=c2\c(-c3ccccc3)nn(CCN3CCN(C)CC3)\c2=C/CC(C)C1C. The molecule has 1 saturated heterocycles. The Hall–Kier alpha value is -2.37. The highest BCUT2D eigenvalue weighted by Gasteiger charge is 2.21. The molecule has 5 nitrogen and oxygen atoms in total. The quantitative estimate of drug-likeness (QED) is 0.805. The average molecular weight is 434 g/mol. The second kappa shape index (κ2) is 9.63. The zero-order valence-corrected chi connectivity index (χ0v) is 20.4. The average Bonchev–Trinajstić information content (AvgIpc) is 3.19. The molecule has 2 unspecified atom stereocenters. The lowest BCUT2D eigenvalue weighted by molar-refractivity contribution is 0.148. The van der Waals surface area contributed by atoms with Crippen LogP contribution in [0.4, 0.5) is 0 Å². The third-order valence-electron chi connectivity index (χ3n) is 7.69. The number of hydrogen-bond acceptors (Lipinski definition) is 4. The lowest BCUT2D eigenvalue weighted by Gasteiger charge is -2.32. The first-order valence-electron chi connectivity index (χ1n) is 12.1. The maximum atomic E-state index is 6.77.